The van der Waals surface area contributed by atoms with Crippen molar-refractivity contribution in [2.45, 2.75) is 33.2 Å². The second-order valence-corrected chi connectivity index (χ2v) is 4.94. The number of benzene rings is 1. The lowest BCUT2D eigenvalue weighted by atomic mass is 10.2. The van der Waals surface area contributed by atoms with Crippen molar-refractivity contribution in [2.24, 2.45) is 0 Å². The lowest BCUT2D eigenvalue weighted by Gasteiger charge is -2.02. The topological polar surface area (TPSA) is 56.7 Å². The average molecular weight is 256 g/mol. The molecular formula is C14H16N4O. The molecule has 1 aromatic carbocycles. The van der Waals surface area contributed by atoms with Crippen molar-refractivity contribution >= 4 is 11.0 Å². The smallest absolute Gasteiger partial charge is 0.229 e. The number of para-hydroxylation sites is 2. The number of aryl methyl sites for hydroxylation is 1. The van der Waals surface area contributed by atoms with E-state index in [2.05, 4.69) is 25.8 Å². The van der Waals surface area contributed by atoms with Gasteiger partial charge in [-0.1, -0.05) is 31.1 Å². The minimum absolute atomic E-state index is 0.252. The Morgan fingerprint density at radius 1 is 1.21 bits per heavy atom. The molecule has 3 rings (SSSR count). The lowest BCUT2D eigenvalue weighted by molar-refractivity contribution is 0.360. The van der Waals surface area contributed by atoms with E-state index in [9.17, 15) is 0 Å². The summed E-state index contributed by atoms with van der Waals surface area (Å²) >= 11 is 0. The summed E-state index contributed by atoms with van der Waals surface area (Å²) in [5.41, 5.74) is 2.09. The van der Waals surface area contributed by atoms with Crippen molar-refractivity contribution in [3.05, 3.63) is 41.8 Å². The summed E-state index contributed by atoms with van der Waals surface area (Å²) in [6.07, 6.45) is 0. The molecule has 5 nitrogen and oxygen atoms in total. The van der Waals surface area contributed by atoms with Gasteiger partial charge in [0.1, 0.15) is 5.82 Å². The maximum atomic E-state index is 5.23. The van der Waals surface area contributed by atoms with Gasteiger partial charge in [0.05, 0.1) is 17.6 Å². The molecule has 0 aliphatic carbocycles. The van der Waals surface area contributed by atoms with Gasteiger partial charge in [-0.15, -0.1) is 0 Å². The zero-order valence-corrected chi connectivity index (χ0v) is 11.3. The molecule has 0 aliphatic heterocycles. The van der Waals surface area contributed by atoms with Crippen LogP contribution in [-0.4, -0.2) is 19.7 Å². The third kappa shape index (κ3) is 2.12. The molecule has 0 saturated carbocycles. The molecular weight excluding hydrogens is 240 g/mol. The highest BCUT2D eigenvalue weighted by atomic mass is 16.5. The molecule has 0 radical (unpaired) electrons. The summed E-state index contributed by atoms with van der Waals surface area (Å²) in [6, 6.07) is 8.06. The van der Waals surface area contributed by atoms with Gasteiger partial charge >= 0.3 is 0 Å². The van der Waals surface area contributed by atoms with Crippen molar-refractivity contribution in [1.29, 1.82) is 0 Å². The van der Waals surface area contributed by atoms with Crippen LogP contribution in [0.3, 0.4) is 0 Å². The average Bonchev–Trinajstić information content (AvgIpc) is 2.96. The molecule has 2 aromatic heterocycles. The summed E-state index contributed by atoms with van der Waals surface area (Å²) < 4.78 is 7.33. The monoisotopic (exact) mass is 256 g/mol. The Labute approximate surface area is 111 Å². The zero-order chi connectivity index (χ0) is 13.4. The van der Waals surface area contributed by atoms with Crippen LogP contribution in [0.25, 0.3) is 11.0 Å². The predicted octanol–water partition coefficient (Wildman–Crippen LogP) is 2.90. The second-order valence-electron chi connectivity index (χ2n) is 4.94. The second kappa shape index (κ2) is 4.50. The molecule has 5 heteroatoms. The molecule has 19 heavy (non-hydrogen) atoms. The van der Waals surface area contributed by atoms with Gasteiger partial charge in [0.2, 0.25) is 5.89 Å². The summed E-state index contributed by atoms with van der Waals surface area (Å²) in [5.74, 6) is 2.58. The van der Waals surface area contributed by atoms with Crippen LogP contribution in [0, 0.1) is 6.92 Å². The first-order valence-electron chi connectivity index (χ1n) is 6.39. The highest BCUT2D eigenvalue weighted by Gasteiger charge is 2.13. The van der Waals surface area contributed by atoms with Crippen LogP contribution in [0.15, 0.2) is 28.8 Å². The Morgan fingerprint density at radius 3 is 2.74 bits per heavy atom. The van der Waals surface area contributed by atoms with E-state index < -0.39 is 0 Å². The minimum atomic E-state index is 0.252. The van der Waals surface area contributed by atoms with E-state index in [1.807, 2.05) is 39.0 Å². The first kappa shape index (κ1) is 11.9. The Balaban J connectivity index is 1.98. The SMILES string of the molecule is Cc1nc2ccccc2n1Cc1noc(C(C)C)n1. The van der Waals surface area contributed by atoms with E-state index in [-0.39, 0.29) is 5.92 Å². The van der Waals surface area contributed by atoms with Gasteiger partial charge < -0.3 is 9.09 Å². The number of fused-ring (bicyclic) bond motifs is 1. The zero-order valence-electron chi connectivity index (χ0n) is 11.3. The van der Waals surface area contributed by atoms with Crippen molar-refractivity contribution in [2.75, 3.05) is 0 Å². The fourth-order valence-electron chi connectivity index (χ4n) is 2.10. The Morgan fingerprint density at radius 2 is 2.00 bits per heavy atom. The van der Waals surface area contributed by atoms with Gasteiger partial charge in [0.15, 0.2) is 5.82 Å². The van der Waals surface area contributed by atoms with Crippen LogP contribution < -0.4 is 0 Å². The van der Waals surface area contributed by atoms with Crippen LogP contribution in [0.2, 0.25) is 0 Å². The number of hydrogen-bond acceptors (Lipinski definition) is 4. The predicted molar refractivity (Wildman–Crippen MR) is 72.0 cm³/mol. The number of imidazole rings is 1. The van der Waals surface area contributed by atoms with E-state index in [0.717, 1.165) is 16.9 Å². The summed E-state index contributed by atoms with van der Waals surface area (Å²) in [6.45, 7) is 6.65. The van der Waals surface area contributed by atoms with Crippen molar-refractivity contribution in [3.63, 3.8) is 0 Å². The molecule has 98 valence electrons. The normalized spacial score (nSPS) is 11.6. The number of nitrogens with zero attached hydrogens (tertiary/aromatic N) is 4. The van der Waals surface area contributed by atoms with Crippen molar-refractivity contribution < 1.29 is 4.52 Å². The largest absolute Gasteiger partial charge is 0.339 e. The number of hydrogen-bond donors (Lipinski definition) is 0. The molecule has 0 amide bonds. The maximum absolute atomic E-state index is 5.23. The molecule has 0 atom stereocenters. The van der Waals surface area contributed by atoms with Crippen LogP contribution in [-0.2, 0) is 6.54 Å². The molecule has 0 fully saturated rings. The molecule has 0 saturated heterocycles. The fourth-order valence-corrected chi connectivity index (χ4v) is 2.10. The van der Waals surface area contributed by atoms with Gasteiger partial charge in [-0.25, -0.2) is 4.98 Å². The molecule has 0 aliphatic rings. The van der Waals surface area contributed by atoms with E-state index >= 15 is 0 Å². The fraction of sp³-hybridized carbons (Fsp3) is 0.357. The summed E-state index contributed by atoms with van der Waals surface area (Å²) in [7, 11) is 0. The third-order valence-corrected chi connectivity index (χ3v) is 3.12. The summed E-state index contributed by atoms with van der Waals surface area (Å²) in [5, 5.41) is 4.03. The molecule has 2 heterocycles. The van der Waals surface area contributed by atoms with Gasteiger partial charge in [0, 0.05) is 5.92 Å². The van der Waals surface area contributed by atoms with Gasteiger partial charge in [-0.2, -0.15) is 4.98 Å². The maximum Gasteiger partial charge on any atom is 0.229 e. The Hall–Kier alpha value is -2.17. The van der Waals surface area contributed by atoms with Gasteiger partial charge in [-0.3, -0.25) is 0 Å². The number of rotatable bonds is 3. The van der Waals surface area contributed by atoms with E-state index in [0.29, 0.717) is 18.3 Å². The van der Waals surface area contributed by atoms with E-state index in [1.54, 1.807) is 0 Å². The number of aromatic nitrogens is 4. The molecule has 0 spiro atoms. The first-order chi connectivity index (χ1) is 9.15. The summed E-state index contributed by atoms with van der Waals surface area (Å²) in [4.78, 5) is 8.93. The Bertz CT molecular complexity index is 711. The molecule has 3 aromatic rings. The van der Waals surface area contributed by atoms with Crippen LogP contribution in [0.4, 0.5) is 0 Å². The minimum Gasteiger partial charge on any atom is -0.339 e. The Kier molecular flexibility index (Phi) is 2.81. The van der Waals surface area contributed by atoms with Crippen LogP contribution >= 0.6 is 0 Å². The van der Waals surface area contributed by atoms with Crippen LogP contribution in [0.5, 0.6) is 0 Å². The van der Waals surface area contributed by atoms with E-state index in [1.165, 1.54) is 0 Å². The molecule has 0 unspecified atom stereocenters. The van der Waals surface area contributed by atoms with Crippen LogP contribution in [0.1, 0.15) is 37.3 Å². The highest BCUT2D eigenvalue weighted by molar-refractivity contribution is 5.75. The first-order valence-corrected chi connectivity index (χ1v) is 6.39. The standard InChI is InChI=1S/C14H16N4O/c1-9(2)14-16-13(17-19-14)8-18-10(3)15-11-6-4-5-7-12(11)18/h4-7,9H,8H2,1-3H3. The van der Waals surface area contributed by atoms with E-state index in [4.69, 9.17) is 4.52 Å². The molecule has 0 N–H and O–H groups in total. The molecule has 0 bridgehead atoms. The van der Waals surface area contributed by atoms with Crippen molar-refractivity contribution in [3.8, 4) is 0 Å². The van der Waals surface area contributed by atoms with Crippen molar-refractivity contribution in [1.82, 2.24) is 19.7 Å². The third-order valence-electron chi connectivity index (χ3n) is 3.12. The van der Waals surface area contributed by atoms with Gasteiger partial charge in [-0.05, 0) is 19.1 Å². The quantitative estimate of drug-likeness (QED) is 0.723. The lowest BCUT2D eigenvalue weighted by Crippen LogP contribution is -2.03. The van der Waals surface area contributed by atoms with Gasteiger partial charge in [0.25, 0.3) is 0 Å². The highest BCUT2D eigenvalue weighted by Crippen LogP contribution is 2.17.